The van der Waals surface area contributed by atoms with Crippen molar-refractivity contribution >= 4 is 41.0 Å². The lowest BCUT2D eigenvalue weighted by Gasteiger charge is -2.19. The van der Waals surface area contributed by atoms with E-state index in [1.165, 1.54) is 16.9 Å². The molecule has 0 bridgehead atoms. The van der Waals surface area contributed by atoms with Gasteiger partial charge in [0.05, 0.1) is 12.8 Å². The third-order valence-corrected chi connectivity index (χ3v) is 4.70. The van der Waals surface area contributed by atoms with Crippen molar-refractivity contribution in [3.05, 3.63) is 59.2 Å². The summed E-state index contributed by atoms with van der Waals surface area (Å²) >= 11 is 5.50. The van der Waals surface area contributed by atoms with E-state index in [2.05, 4.69) is 6.92 Å². The molecule has 6 nitrogen and oxygen atoms in total. The standard InChI is InChI=1S/C20H20N2O4S/c1-4-14-6-8-15(9-7-14)22-19(24)17(11-16-10-5-13(2)26-16)21(20(22)27)12-18(23)25-3/h5-11H,4,12H2,1-3H3. The molecule has 1 aliphatic rings. The molecule has 1 fully saturated rings. The summed E-state index contributed by atoms with van der Waals surface area (Å²) in [6.45, 7) is 3.72. The molecule has 0 radical (unpaired) electrons. The lowest BCUT2D eigenvalue weighted by Crippen LogP contribution is -2.35. The van der Waals surface area contributed by atoms with Crippen LogP contribution in [0.3, 0.4) is 0 Å². The topological polar surface area (TPSA) is 63.0 Å². The van der Waals surface area contributed by atoms with Crippen LogP contribution in [0.1, 0.15) is 24.0 Å². The summed E-state index contributed by atoms with van der Waals surface area (Å²) in [5, 5.41) is 0.226. The second-order valence-corrected chi connectivity index (χ2v) is 6.45. The minimum Gasteiger partial charge on any atom is -0.468 e. The number of amides is 1. The lowest BCUT2D eigenvalue weighted by atomic mass is 10.1. The van der Waals surface area contributed by atoms with Crippen LogP contribution in [0.5, 0.6) is 0 Å². The number of anilines is 1. The first-order chi connectivity index (χ1) is 12.9. The van der Waals surface area contributed by atoms with E-state index in [1.807, 2.05) is 31.2 Å². The zero-order valence-corrected chi connectivity index (χ0v) is 16.2. The Bertz CT molecular complexity index is 914. The van der Waals surface area contributed by atoms with Crippen molar-refractivity contribution in [2.24, 2.45) is 0 Å². The molecule has 27 heavy (non-hydrogen) atoms. The molecule has 140 valence electrons. The summed E-state index contributed by atoms with van der Waals surface area (Å²) in [4.78, 5) is 27.8. The zero-order chi connectivity index (χ0) is 19.6. The van der Waals surface area contributed by atoms with Crippen LogP contribution >= 0.6 is 12.2 Å². The Hall–Kier alpha value is -2.93. The molecule has 3 rings (SSSR count). The highest BCUT2D eigenvalue weighted by atomic mass is 32.1. The zero-order valence-electron chi connectivity index (χ0n) is 15.4. The van der Waals surface area contributed by atoms with E-state index in [9.17, 15) is 9.59 Å². The van der Waals surface area contributed by atoms with E-state index in [-0.39, 0.29) is 23.3 Å². The van der Waals surface area contributed by atoms with E-state index in [4.69, 9.17) is 21.4 Å². The summed E-state index contributed by atoms with van der Waals surface area (Å²) < 4.78 is 10.3. The molecule has 1 saturated heterocycles. The maximum absolute atomic E-state index is 13.1. The first kappa shape index (κ1) is 18.8. The Balaban J connectivity index is 2.01. The predicted octanol–water partition coefficient (Wildman–Crippen LogP) is 3.30. The molecule has 0 saturated carbocycles. The van der Waals surface area contributed by atoms with Crippen LogP contribution in [0.25, 0.3) is 6.08 Å². The molecule has 0 atom stereocenters. The van der Waals surface area contributed by atoms with Gasteiger partial charge in [-0.15, -0.1) is 0 Å². The molecule has 1 amide bonds. The van der Waals surface area contributed by atoms with E-state index in [0.29, 0.717) is 11.4 Å². The second kappa shape index (κ2) is 7.75. The molecule has 7 heteroatoms. The molecule has 2 aromatic rings. The smallest absolute Gasteiger partial charge is 0.325 e. The number of furan rings is 1. The summed E-state index contributed by atoms with van der Waals surface area (Å²) in [5.41, 5.74) is 2.07. The van der Waals surface area contributed by atoms with Crippen molar-refractivity contribution in [1.82, 2.24) is 4.90 Å². The minimum atomic E-state index is -0.491. The Labute approximate surface area is 163 Å². The molecule has 1 aliphatic heterocycles. The molecule has 0 spiro atoms. The molecule has 1 aromatic carbocycles. The number of aryl methyl sites for hydroxylation is 2. The van der Waals surface area contributed by atoms with Gasteiger partial charge in [-0.3, -0.25) is 14.5 Å². The van der Waals surface area contributed by atoms with E-state index in [0.717, 1.165) is 17.7 Å². The molecular formula is C20H20N2O4S. The van der Waals surface area contributed by atoms with Gasteiger partial charge in [-0.25, -0.2) is 0 Å². The number of nitrogens with zero attached hydrogens (tertiary/aromatic N) is 2. The van der Waals surface area contributed by atoms with Gasteiger partial charge in [0, 0.05) is 6.08 Å². The van der Waals surface area contributed by atoms with Crippen LogP contribution < -0.4 is 4.90 Å². The van der Waals surface area contributed by atoms with Crippen LogP contribution in [-0.2, 0) is 20.7 Å². The quantitative estimate of drug-likeness (QED) is 0.448. The average molecular weight is 384 g/mol. The number of rotatable bonds is 5. The fourth-order valence-corrected chi connectivity index (χ4v) is 3.15. The number of thiocarbonyl (C=S) groups is 1. The van der Waals surface area contributed by atoms with Gasteiger partial charge in [-0.1, -0.05) is 19.1 Å². The maximum atomic E-state index is 13.1. The number of ether oxygens (including phenoxy) is 1. The average Bonchev–Trinajstić information content (AvgIpc) is 3.18. The van der Waals surface area contributed by atoms with Crippen LogP contribution in [0.2, 0.25) is 0 Å². The fraction of sp³-hybridized carbons (Fsp3) is 0.250. The normalized spacial score (nSPS) is 15.7. The third-order valence-electron chi connectivity index (χ3n) is 4.29. The van der Waals surface area contributed by atoms with Crippen LogP contribution in [0, 0.1) is 6.92 Å². The SMILES string of the molecule is CCc1ccc(N2C(=O)C(=Cc3ccc(C)o3)N(CC(=O)OC)C2=S)cc1. The number of benzene rings is 1. The molecule has 0 N–H and O–H groups in total. The number of hydrogen-bond donors (Lipinski definition) is 0. The van der Waals surface area contributed by atoms with Crippen molar-refractivity contribution in [1.29, 1.82) is 0 Å². The van der Waals surface area contributed by atoms with E-state index >= 15 is 0 Å². The van der Waals surface area contributed by atoms with Crippen LogP contribution in [0.4, 0.5) is 5.69 Å². The van der Waals surface area contributed by atoms with Gasteiger partial charge in [0.2, 0.25) is 0 Å². The maximum Gasteiger partial charge on any atom is 0.325 e. The Kier molecular flexibility index (Phi) is 5.41. The molecule has 2 heterocycles. The first-order valence-electron chi connectivity index (χ1n) is 8.54. The van der Waals surface area contributed by atoms with Crippen molar-refractivity contribution in [2.75, 3.05) is 18.6 Å². The highest BCUT2D eigenvalue weighted by Gasteiger charge is 2.40. The van der Waals surface area contributed by atoms with Crippen molar-refractivity contribution in [3.63, 3.8) is 0 Å². The van der Waals surface area contributed by atoms with Gasteiger partial charge >= 0.3 is 5.97 Å². The summed E-state index contributed by atoms with van der Waals surface area (Å²) in [5.74, 6) is 0.426. The number of carbonyl (C=O) groups is 2. The van der Waals surface area contributed by atoms with Gasteiger partial charge < -0.3 is 14.1 Å². The minimum absolute atomic E-state index is 0.157. The molecule has 1 aromatic heterocycles. The number of carbonyl (C=O) groups excluding carboxylic acids is 2. The van der Waals surface area contributed by atoms with Crippen LogP contribution in [-0.4, -0.2) is 35.5 Å². The molecule has 0 aliphatic carbocycles. The Morgan fingerprint density at radius 2 is 1.93 bits per heavy atom. The number of hydrogen-bond acceptors (Lipinski definition) is 5. The summed E-state index contributed by atoms with van der Waals surface area (Å²) in [6, 6.07) is 11.2. The highest BCUT2D eigenvalue weighted by Crippen LogP contribution is 2.29. The fourth-order valence-electron chi connectivity index (χ4n) is 2.80. The van der Waals surface area contributed by atoms with Crippen molar-refractivity contribution < 1.29 is 18.7 Å². The van der Waals surface area contributed by atoms with E-state index in [1.54, 1.807) is 18.2 Å². The Morgan fingerprint density at radius 1 is 1.22 bits per heavy atom. The van der Waals surface area contributed by atoms with E-state index < -0.39 is 5.97 Å². The predicted molar refractivity (Wildman–Crippen MR) is 106 cm³/mol. The third kappa shape index (κ3) is 3.78. The molecule has 0 unspecified atom stereocenters. The second-order valence-electron chi connectivity index (χ2n) is 6.08. The number of esters is 1. The van der Waals surface area contributed by atoms with Gasteiger partial charge in [0.1, 0.15) is 23.8 Å². The largest absolute Gasteiger partial charge is 0.468 e. The highest BCUT2D eigenvalue weighted by molar-refractivity contribution is 7.80. The van der Waals surface area contributed by atoms with Gasteiger partial charge in [-0.2, -0.15) is 0 Å². The van der Waals surface area contributed by atoms with Gasteiger partial charge in [0.15, 0.2) is 5.11 Å². The number of methoxy groups -OCH3 is 1. The van der Waals surface area contributed by atoms with Crippen molar-refractivity contribution in [2.45, 2.75) is 20.3 Å². The van der Waals surface area contributed by atoms with Crippen molar-refractivity contribution in [3.8, 4) is 0 Å². The van der Waals surface area contributed by atoms with Gasteiger partial charge in [0.25, 0.3) is 5.91 Å². The Morgan fingerprint density at radius 3 is 2.48 bits per heavy atom. The van der Waals surface area contributed by atoms with Crippen LogP contribution in [0.15, 0.2) is 46.5 Å². The van der Waals surface area contributed by atoms with Gasteiger partial charge in [-0.05, 0) is 55.4 Å². The lowest BCUT2D eigenvalue weighted by molar-refractivity contribution is -0.140. The summed E-state index contributed by atoms with van der Waals surface area (Å²) in [7, 11) is 1.30. The molecular weight excluding hydrogens is 364 g/mol. The monoisotopic (exact) mass is 384 g/mol. The summed E-state index contributed by atoms with van der Waals surface area (Å²) in [6.07, 6.45) is 2.49. The first-order valence-corrected chi connectivity index (χ1v) is 8.95.